The van der Waals surface area contributed by atoms with Crippen LogP contribution in [0.25, 0.3) is 0 Å². The Balaban J connectivity index is 1.86. The lowest BCUT2D eigenvalue weighted by Crippen LogP contribution is -2.27. The van der Waals surface area contributed by atoms with Crippen molar-refractivity contribution in [1.29, 1.82) is 0 Å². The first-order valence-electron chi connectivity index (χ1n) is 7.90. The lowest BCUT2D eigenvalue weighted by Gasteiger charge is -2.11. The van der Waals surface area contributed by atoms with Gasteiger partial charge in [0.25, 0.3) is 5.91 Å². The molecule has 0 bridgehead atoms. The maximum atomic E-state index is 12.1. The van der Waals surface area contributed by atoms with Crippen LogP contribution < -0.4 is 20.1 Å². The molecule has 0 unspecified atom stereocenters. The standard InChI is InChI=1S/C19H22N2O4/c1-13-7-8-17(25-3)16(11-13)21-18(22)9-10-20-19(23)14-5-4-6-15(12-14)24-2/h4-8,11-12H,9-10H2,1-3H3,(H,20,23)(H,21,22). The third-order valence-electron chi connectivity index (χ3n) is 3.60. The first kappa shape index (κ1) is 18.3. The number of ether oxygens (including phenoxy) is 2. The van der Waals surface area contributed by atoms with Crippen molar-refractivity contribution in [1.82, 2.24) is 5.32 Å². The summed E-state index contributed by atoms with van der Waals surface area (Å²) in [4.78, 5) is 24.2. The average Bonchev–Trinajstić information content (AvgIpc) is 2.62. The van der Waals surface area contributed by atoms with Crippen LogP contribution in [-0.4, -0.2) is 32.6 Å². The maximum Gasteiger partial charge on any atom is 0.251 e. The SMILES string of the molecule is COc1cccc(C(=O)NCCC(=O)Nc2cc(C)ccc2OC)c1. The Morgan fingerprint density at radius 3 is 2.56 bits per heavy atom. The molecule has 0 aliphatic heterocycles. The molecule has 0 heterocycles. The Kier molecular flexibility index (Phi) is 6.39. The van der Waals surface area contributed by atoms with Crippen molar-refractivity contribution in [3.8, 4) is 11.5 Å². The summed E-state index contributed by atoms with van der Waals surface area (Å²) >= 11 is 0. The van der Waals surface area contributed by atoms with E-state index < -0.39 is 0 Å². The normalized spacial score (nSPS) is 10.0. The second-order valence-corrected chi connectivity index (χ2v) is 5.49. The highest BCUT2D eigenvalue weighted by Gasteiger charge is 2.10. The molecule has 0 spiro atoms. The van der Waals surface area contributed by atoms with E-state index in [-0.39, 0.29) is 24.8 Å². The van der Waals surface area contributed by atoms with Crippen molar-refractivity contribution >= 4 is 17.5 Å². The Morgan fingerprint density at radius 1 is 1.04 bits per heavy atom. The van der Waals surface area contributed by atoms with Crippen molar-refractivity contribution in [2.75, 3.05) is 26.1 Å². The topological polar surface area (TPSA) is 76.7 Å². The van der Waals surface area contributed by atoms with Crippen LogP contribution in [-0.2, 0) is 4.79 Å². The van der Waals surface area contributed by atoms with E-state index in [0.717, 1.165) is 5.56 Å². The minimum Gasteiger partial charge on any atom is -0.497 e. The Morgan fingerprint density at radius 2 is 1.84 bits per heavy atom. The van der Waals surface area contributed by atoms with Crippen LogP contribution >= 0.6 is 0 Å². The van der Waals surface area contributed by atoms with Gasteiger partial charge in [0.2, 0.25) is 5.91 Å². The zero-order valence-electron chi connectivity index (χ0n) is 14.6. The van der Waals surface area contributed by atoms with E-state index in [1.165, 1.54) is 0 Å². The molecule has 0 aliphatic rings. The molecular weight excluding hydrogens is 320 g/mol. The lowest BCUT2D eigenvalue weighted by atomic mass is 10.2. The second-order valence-electron chi connectivity index (χ2n) is 5.49. The molecule has 6 nitrogen and oxygen atoms in total. The van der Waals surface area contributed by atoms with Gasteiger partial charge in [0, 0.05) is 18.5 Å². The van der Waals surface area contributed by atoms with Crippen LogP contribution in [0.3, 0.4) is 0 Å². The number of hydrogen-bond acceptors (Lipinski definition) is 4. The molecule has 0 radical (unpaired) electrons. The number of methoxy groups -OCH3 is 2. The molecule has 2 aromatic rings. The van der Waals surface area contributed by atoms with Gasteiger partial charge in [-0.2, -0.15) is 0 Å². The van der Waals surface area contributed by atoms with Crippen molar-refractivity contribution in [2.45, 2.75) is 13.3 Å². The minimum atomic E-state index is -0.250. The molecule has 2 aromatic carbocycles. The number of aryl methyl sites for hydroxylation is 1. The highest BCUT2D eigenvalue weighted by Crippen LogP contribution is 2.25. The number of rotatable bonds is 7. The predicted molar refractivity (Wildman–Crippen MR) is 96.3 cm³/mol. The molecule has 25 heavy (non-hydrogen) atoms. The van der Waals surface area contributed by atoms with E-state index in [1.54, 1.807) is 44.6 Å². The largest absolute Gasteiger partial charge is 0.497 e. The van der Waals surface area contributed by atoms with Crippen LogP contribution in [0.1, 0.15) is 22.3 Å². The average molecular weight is 342 g/mol. The molecule has 0 atom stereocenters. The number of nitrogens with one attached hydrogen (secondary N) is 2. The molecule has 6 heteroatoms. The van der Waals surface area contributed by atoms with Crippen LogP contribution in [0.2, 0.25) is 0 Å². The van der Waals surface area contributed by atoms with Crippen molar-refractivity contribution < 1.29 is 19.1 Å². The van der Waals surface area contributed by atoms with E-state index >= 15 is 0 Å². The Hall–Kier alpha value is -3.02. The summed E-state index contributed by atoms with van der Waals surface area (Å²) in [5, 5.41) is 5.52. The minimum absolute atomic E-state index is 0.160. The summed E-state index contributed by atoms with van der Waals surface area (Å²) in [7, 11) is 3.09. The number of hydrogen-bond donors (Lipinski definition) is 2. The fraction of sp³-hybridized carbons (Fsp3) is 0.263. The molecule has 132 valence electrons. The summed E-state index contributed by atoms with van der Waals surface area (Å²) in [6, 6.07) is 12.4. The monoisotopic (exact) mass is 342 g/mol. The van der Waals surface area contributed by atoms with Crippen molar-refractivity contribution in [3.63, 3.8) is 0 Å². The molecule has 0 fully saturated rings. The van der Waals surface area contributed by atoms with Gasteiger partial charge in [0.15, 0.2) is 0 Å². The van der Waals surface area contributed by atoms with Gasteiger partial charge in [-0.15, -0.1) is 0 Å². The van der Waals surface area contributed by atoms with Gasteiger partial charge in [-0.1, -0.05) is 12.1 Å². The molecule has 0 saturated heterocycles. The number of benzene rings is 2. The molecule has 0 aromatic heterocycles. The van der Waals surface area contributed by atoms with Gasteiger partial charge < -0.3 is 20.1 Å². The third-order valence-corrected chi connectivity index (χ3v) is 3.60. The van der Waals surface area contributed by atoms with Crippen LogP contribution in [0.15, 0.2) is 42.5 Å². The number of anilines is 1. The van der Waals surface area contributed by atoms with Gasteiger partial charge in [-0.3, -0.25) is 9.59 Å². The number of carbonyl (C=O) groups is 2. The second kappa shape index (κ2) is 8.73. The lowest BCUT2D eigenvalue weighted by molar-refractivity contribution is -0.116. The van der Waals surface area contributed by atoms with E-state index in [4.69, 9.17) is 9.47 Å². The van der Waals surface area contributed by atoms with Crippen LogP contribution in [0.5, 0.6) is 11.5 Å². The number of amides is 2. The quantitative estimate of drug-likeness (QED) is 0.811. The first-order chi connectivity index (χ1) is 12.0. The van der Waals surface area contributed by atoms with Gasteiger partial charge in [-0.25, -0.2) is 0 Å². The molecule has 2 rings (SSSR count). The smallest absolute Gasteiger partial charge is 0.251 e. The van der Waals surface area contributed by atoms with E-state index in [2.05, 4.69) is 10.6 Å². The highest BCUT2D eigenvalue weighted by molar-refractivity contribution is 5.96. The Bertz CT molecular complexity index is 759. The van der Waals surface area contributed by atoms with Gasteiger partial charge >= 0.3 is 0 Å². The number of carbonyl (C=O) groups excluding carboxylic acids is 2. The zero-order chi connectivity index (χ0) is 18.2. The van der Waals surface area contributed by atoms with E-state index in [0.29, 0.717) is 22.7 Å². The summed E-state index contributed by atoms with van der Waals surface area (Å²) < 4.78 is 10.3. The maximum absolute atomic E-state index is 12.1. The summed E-state index contributed by atoms with van der Waals surface area (Å²) in [6.45, 7) is 2.17. The van der Waals surface area contributed by atoms with Crippen LogP contribution in [0.4, 0.5) is 5.69 Å². The third kappa shape index (κ3) is 5.24. The summed E-state index contributed by atoms with van der Waals surface area (Å²) in [5.74, 6) is 0.756. The van der Waals surface area contributed by atoms with Crippen LogP contribution in [0, 0.1) is 6.92 Å². The van der Waals surface area contributed by atoms with Gasteiger partial charge in [0.05, 0.1) is 19.9 Å². The van der Waals surface area contributed by atoms with E-state index in [1.807, 2.05) is 19.1 Å². The fourth-order valence-corrected chi connectivity index (χ4v) is 2.29. The summed E-state index contributed by atoms with van der Waals surface area (Å²) in [6.07, 6.45) is 0.160. The fourth-order valence-electron chi connectivity index (χ4n) is 2.29. The predicted octanol–water partition coefficient (Wildman–Crippen LogP) is 2.77. The Labute approximate surface area is 147 Å². The molecule has 2 amide bonds. The summed E-state index contributed by atoms with van der Waals surface area (Å²) in [5.41, 5.74) is 2.12. The van der Waals surface area contributed by atoms with Crippen molar-refractivity contribution in [2.24, 2.45) is 0 Å². The van der Waals surface area contributed by atoms with Crippen molar-refractivity contribution in [3.05, 3.63) is 53.6 Å². The highest BCUT2D eigenvalue weighted by atomic mass is 16.5. The van der Waals surface area contributed by atoms with Gasteiger partial charge in [0.1, 0.15) is 11.5 Å². The molecule has 0 saturated carbocycles. The molecule has 2 N–H and O–H groups in total. The van der Waals surface area contributed by atoms with E-state index in [9.17, 15) is 9.59 Å². The molecular formula is C19H22N2O4. The zero-order valence-corrected chi connectivity index (χ0v) is 14.6. The first-order valence-corrected chi connectivity index (χ1v) is 7.90. The molecule has 0 aliphatic carbocycles. The van der Waals surface area contributed by atoms with Gasteiger partial charge in [-0.05, 0) is 42.8 Å².